The molecule has 170 valence electrons. The van der Waals surface area contributed by atoms with Crippen LogP contribution in [-0.4, -0.2) is 43.4 Å². The summed E-state index contributed by atoms with van der Waals surface area (Å²) >= 11 is 0. The van der Waals surface area contributed by atoms with Gasteiger partial charge in [-0.25, -0.2) is 4.98 Å². The van der Waals surface area contributed by atoms with E-state index in [-0.39, 0.29) is 30.8 Å². The van der Waals surface area contributed by atoms with Crippen LogP contribution >= 0.6 is 0 Å². The predicted molar refractivity (Wildman–Crippen MR) is 111 cm³/mol. The van der Waals surface area contributed by atoms with Crippen LogP contribution in [0.25, 0.3) is 5.69 Å². The lowest BCUT2D eigenvalue weighted by Gasteiger charge is -2.12. The number of ether oxygens (including phenoxy) is 2. The number of aryl methyl sites for hydroxylation is 1. The molecule has 0 aliphatic heterocycles. The highest BCUT2D eigenvalue weighted by atomic mass is 35.5. The SMILES string of the molecule is COc1cc(CNCCCn2ccnc2)ccc1Oc1nnnn1-c1ccccc1.[Cl-].[Cl-]. The molecule has 0 saturated heterocycles. The van der Waals surface area contributed by atoms with Crippen molar-refractivity contribution < 1.29 is 34.3 Å². The van der Waals surface area contributed by atoms with Crippen molar-refractivity contribution in [3.05, 3.63) is 72.8 Å². The van der Waals surface area contributed by atoms with E-state index in [0.717, 1.165) is 37.3 Å². The molecule has 4 rings (SSSR count). The van der Waals surface area contributed by atoms with Crippen molar-refractivity contribution in [3.8, 4) is 23.2 Å². The maximum Gasteiger partial charge on any atom is 0.346 e. The van der Waals surface area contributed by atoms with Gasteiger partial charge in [-0.05, 0) is 53.2 Å². The largest absolute Gasteiger partial charge is 1.00 e. The summed E-state index contributed by atoms with van der Waals surface area (Å²) in [6, 6.07) is 15.7. The highest BCUT2D eigenvalue weighted by molar-refractivity contribution is 5.44. The van der Waals surface area contributed by atoms with Gasteiger partial charge < -0.3 is 44.2 Å². The number of tetrazole rings is 1. The average Bonchev–Trinajstić information content (AvgIpc) is 3.47. The number of aromatic nitrogens is 6. The van der Waals surface area contributed by atoms with E-state index in [1.54, 1.807) is 13.3 Å². The Morgan fingerprint density at radius 2 is 1.88 bits per heavy atom. The Morgan fingerprint density at radius 3 is 2.62 bits per heavy atom. The predicted octanol–water partition coefficient (Wildman–Crippen LogP) is -3.15. The normalized spacial score (nSPS) is 10.2. The van der Waals surface area contributed by atoms with Gasteiger partial charge in [0.05, 0.1) is 19.1 Å². The molecule has 32 heavy (non-hydrogen) atoms. The molecule has 0 amide bonds. The Balaban J connectivity index is 0.00000181. The molecule has 1 N–H and O–H groups in total. The first-order valence-electron chi connectivity index (χ1n) is 9.68. The van der Waals surface area contributed by atoms with Crippen LogP contribution < -0.4 is 39.6 Å². The second kappa shape index (κ2) is 12.7. The number of nitrogens with zero attached hydrogens (tertiary/aromatic N) is 6. The van der Waals surface area contributed by atoms with Crippen LogP contribution in [-0.2, 0) is 13.1 Å². The number of benzene rings is 2. The van der Waals surface area contributed by atoms with Crippen molar-refractivity contribution in [3.63, 3.8) is 0 Å². The fourth-order valence-electron chi connectivity index (χ4n) is 3.02. The van der Waals surface area contributed by atoms with Crippen molar-refractivity contribution in [1.29, 1.82) is 0 Å². The molecule has 2 heterocycles. The number of halogens is 2. The maximum atomic E-state index is 5.94. The van der Waals surface area contributed by atoms with Gasteiger partial charge in [-0.2, -0.15) is 4.68 Å². The highest BCUT2D eigenvalue weighted by Gasteiger charge is 2.14. The van der Waals surface area contributed by atoms with Gasteiger partial charge in [-0.3, -0.25) is 0 Å². The van der Waals surface area contributed by atoms with E-state index in [0.29, 0.717) is 11.5 Å². The van der Waals surface area contributed by atoms with E-state index >= 15 is 0 Å². The molecule has 0 fully saturated rings. The van der Waals surface area contributed by atoms with Crippen LogP contribution in [0.2, 0.25) is 0 Å². The molecule has 9 nitrogen and oxygen atoms in total. The highest BCUT2D eigenvalue weighted by Crippen LogP contribution is 2.32. The summed E-state index contributed by atoms with van der Waals surface area (Å²) in [6.45, 7) is 2.59. The van der Waals surface area contributed by atoms with Crippen molar-refractivity contribution >= 4 is 0 Å². The van der Waals surface area contributed by atoms with Crippen LogP contribution in [0, 0.1) is 0 Å². The van der Waals surface area contributed by atoms with E-state index in [2.05, 4.69) is 30.4 Å². The van der Waals surface area contributed by atoms with Crippen molar-refractivity contribution in [1.82, 2.24) is 35.1 Å². The van der Waals surface area contributed by atoms with E-state index in [4.69, 9.17) is 9.47 Å². The van der Waals surface area contributed by atoms with Gasteiger partial charge in [0.2, 0.25) is 0 Å². The Labute approximate surface area is 198 Å². The van der Waals surface area contributed by atoms with Crippen molar-refractivity contribution in [2.75, 3.05) is 13.7 Å². The molecule has 0 unspecified atom stereocenters. The standard InChI is InChI=1S/C21H23N7O2.2ClH/c1-29-20-14-17(15-22-10-5-12-27-13-11-23-16-27)8-9-19(20)30-21-24-25-26-28(21)18-6-3-2-4-7-18;;/h2-4,6-9,11,13-14,16,22H,5,10,12,15H2,1H3;2*1H/p-2. The molecule has 0 bridgehead atoms. The lowest BCUT2D eigenvalue weighted by Crippen LogP contribution is -3.00. The molecule has 2 aromatic carbocycles. The van der Waals surface area contributed by atoms with Gasteiger partial charge in [-0.1, -0.05) is 29.4 Å². The number of nitrogens with one attached hydrogen (secondary N) is 1. The van der Waals surface area contributed by atoms with Gasteiger partial charge in [0.25, 0.3) is 0 Å². The first kappa shape index (κ1) is 25.1. The zero-order valence-corrected chi connectivity index (χ0v) is 18.9. The van der Waals surface area contributed by atoms with E-state index in [1.807, 2.05) is 61.1 Å². The number of para-hydroxylation sites is 1. The Hall–Kier alpha value is -3.14. The summed E-state index contributed by atoms with van der Waals surface area (Å²) in [7, 11) is 1.62. The zero-order valence-electron chi connectivity index (χ0n) is 17.4. The van der Waals surface area contributed by atoms with Crippen LogP contribution in [0.15, 0.2) is 67.3 Å². The lowest BCUT2D eigenvalue weighted by atomic mass is 10.2. The minimum atomic E-state index is 0. The fraction of sp³-hybridized carbons (Fsp3) is 0.238. The second-order valence-corrected chi connectivity index (χ2v) is 6.63. The molecule has 0 aliphatic rings. The molecular weight excluding hydrogens is 453 g/mol. The second-order valence-electron chi connectivity index (χ2n) is 6.63. The zero-order chi connectivity index (χ0) is 20.6. The van der Waals surface area contributed by atoms with Crippen molar-refractivity contribution in [2.45, 2.75) is 19.5 Å². The number of imidazole rings is 1. The smallest absolute Gasteiger partial charge is 0.346 e. The third kappa shape index (κ3) is 6.43. The minimum Gasteiger partial charge on any atom is -1.00 e. The molecule has 11 heteroatoms. The molecule has 0 spiro atoms. The molecule has 0 aliphatic carbocycles. The van der Waals surface area contributed by atoms with Gasteiger partial charge in [0.15, 0.2) is 11.5 Å². The quantitative estimate of drug-likeness (QED) is 0.242. The van der Waals surface area contributed by atoms with E-state index in [9.17, 15) is 0 Å². The lowest BCUT2D eigenvalue weighted by molar-refractivity contribution is -0.00100. The van der Waals surface area contributed by atoms with Crippen molar-refractivity contribution in [2.24, 2.45) is 0 Å². The summed E-state index contributed by atoms with van der Waals surface area (Å²) in [5.41, 5.74) is 1.91. The number of hydrogen-bond acceptors (Lipinski definition) is 7. The summed E-state index contributed by atoms with van der Waals surface area (Å²) in [5.74, 6) is 1.17. The molecule has 0 saturated carbocycles. The van der Waals surface area contributed by atoms with Crippen LogP contribution in [0.3, 0.4) is 0 Å². The Kier molecular flexibility index (Phi) is 9.93. The monoisotopic (exact) mass is 475 g/mol. The molecule has 2 aromatic heterocycles. The minimum absolute atomic E-state index is 0. The van der Waals surface area contributed by atoms with Crippen LogP contribution in [0.4, 0.5) is 0 Å². The topological polar surface area (TPSA) is 91.9 Å². The summed E-state index contributed by atoms with van der Waals surface area (Å²) in [6.07, 6.45) is 6.62. The van der Waals surface area contributed by atoms with Gasteiger partial charge in [-0.15, -0.1) is 0 Å². The van der Waals surface area contributed by atoms with Crippen LogP contribution in [0.1, 0.15) is 12.0 Å². The van der Waals surface area contributed by atoms with Gasteiger partial charge in [0, 0.05) is 25.5 Å². The summed E-state index contributed by atoms with van der Waals surface area (Å²) in [4.78, 5) is 4.05. The average molecular weight is 476 g/mol. The van der Waals surface area contributed by atoms with E-state index in [1.165, 1.54) is 4.68 Å². The number of rotatable bonds is 10. The van der Waals surface area contributed by atoms with Crippen LogP contribution in [0.5, 0.6) is 17.5 Å². The summed E-state index contributed by atoms with van der Waals surface area (Å²) in [5, 5.41) is 15.2. The fourth-order valence-corrected chi connectivity index (χ4v) is 3.02. The first-order chi connectivity index (χ1) is 14.8. The Bertz CT molecular complexity index is 1060. The third-order valence-corrected chi connectivity index (χ3v) is 4.53. The molecule has 0 radical (unpaired) electrons. The first-order valence-corrected chi connectivity index (χ1v) is 9.68. The summed E-state index contributed by atoms with van der Waals surface area (Å²) < 4.78 is 15.1. The molecule has 0 atom stereocenters. The number of methoxy groups -OCH3 is 1. The third-order valence-electron chi connectivity index (χ3n) is 4.53. The van der Waals surface area contributed by atoms with E-state index < -0.39 is 0 Å². The maximum absolute atomic E-state index is 5.94. The molecule has 4 aromatic rings. The van der Waals surface area contributed by atoms with Gasteiger partial charge in [0.1, 0.15) is 0 Å². The molecular formula is C21H23Cl2N7O2-2. The Morgan fingerprint density at radius 1 is 1.03 bits per heavy atom. The van der Waals surface area contributed by atoms with Gasteiger partial charge >= 0.3 is 6.01 Å². The number of hydrogen-bond donors (Lipinski definition) is 1.